The second kappa shape index (κ2) is 3.40. The van der Waals surface area contributed by atoms with E-state index < -0.39 is 0 Å². The van der Waals surface area contributed by atoms with Gasteiger partial charge in [-0.2, -0.15) is 4.68 Å². The summed E-state index contributed by atoms with van der Waals surface area (Å²) in [5.41, 5.74) is 6.76. The third-order valence-corrected chi connectivity index (χ3v) is 5.39. The van der Waals surface area contributed by atoms with E-state index in [1.54, 1.807) is 0 Å². The number of aromatic nitrogens is 1. The highest BCUT2D eigenvalue weighted by atomic mass is 16.3. The van der Waals surface area contributed by atoms with Gasteiger partial charge in [0.25, 0.3) is 0 Å². The van der Waals surface area contributed by atoms with E-state index in [2.05, 4.69) is 19.3 Å². The van der Waals surface area contributed by atoms with Gasteiger partial charge in [-0.1, -0.05) is 11.1 Å². The maximum absolute atomic E-state index is 11.2. The average Bonchev–Trinajstić information content (AvgIpc) is 3.13. The van der Waals surface area contributed by atoms with E-state index in [4.69, 9.17) is 0 Å². The van der Waals surface area contributed by atoms with Crippen molar-refractivity contribution in [3.05, 3.63) is 22.3 Å². The fraction of sp³-hybridized carbons (Fsp3) is 0.533. The first kappa shape index (κ1) is 11.9. The Bertz CT molecular complexity index is 638. The third kappa shape index (κ3) is 1.16. The molecule has 5 rings (SSSR count). The molecule has 4 aliphatic carbocycles. The molecule has 1 saturated carbocycles. The Morgan fingerprint density at radius 2 is 1.55 bits per heavy atom. The summed E-state index contributed by atoms with van der Waals surface area (Å²) < 4.78 is 1.13. The van der Waals surface area contributed by atoms with Crippen molar-refractivity contribution in [1.29, 1.82) is 0 Å². The van der Waals surface area contributed by atoms with Crippen LogP contribution in [0, 0.1) is 11.8 Å². The van der Waals surface area contributed by atoms with Crippen molar-refractivity contribution >= 4 is 5.91 Å². The fourth-order valence-electron chi connectivity index (χ4n) is 4.45. The molecule has 1 aromatic heterocycles. The van der Waals surface area contributed by atoms with E-state index in [0.717, 1.165) is 22.2 Å². The zero-order valence-electron chi connectivity index (χ0n) is 11.8. The number of carbonyl (C=O) groups is 1. The number of nitrogens with zero attached hydrogens (tertiary/aromatic N) is 1. The molecular weight excluding hydrogens is 256 g/mol. The highest BCUT2D eigenvalue weighted by Crippen LogP contribution is 2.71. The van der Waals surface area contributed by atoms with Crippen LogP contribution in [0.4, 0.5) is 0 Å². The summed E-state index contributed by atoms with van der Waals surface area (Å²) in [6, 6.07) is 0. The molecule has 4 atom stereocenters. The minimum Gasteiger partial charge on any atom is -0.493 e. The van der Waals surface area contributed by atoms with E-state index >= 15 is 0 Å². The van der Waals surface area contributed by atoms with Gasteiger partial charge in [0.2, 0.25) is 17.7 Å². The summed E-state index contributed by atoms with van der Waals surface area (Å²) in [5, 5.41) is 20.9. The molecule has 1 amide bonds. The smallest absolute Gasteiger partial charge is 0.235 e. The van der Waals surface area contributed by atoms with Gasteiger partial charge in [-0.3, -0.25) is 10.2 Å². The molecule has 0 spiro atoms. The SMILES string of the molecule is CC(=O)Nn1c(O)c2c(c1O)C1C(C)=C(C)C2C2CC12. The van der Waals surface area contributed by atoms with Gasteiger partial charge < -0.3 is 10.2 Å². The minimum absolute atomic E-state index is 0.0140. The lowest BCUT2D eigenvalue weighted by Gasteiger charge is -2.37. The van der Waals surface area contributed by atoms with Crippen molar-refractivity contribution < 1.29 is 15.0 Å². The molecule has 5 nitrogen and oxygen atoms in total. The Morgan fingerprint density at radius 3 is 1.95 bits per heavy atom. The van der Waals surface area contributed by atoms with Crippen molar-refractivity contribution in [2.75, 3.05) is 5.43 Å². The van der Waals surface area contributed by atoms with Gasteiger partial charge in [-0.15, -0.1) is 0 Å². The summed E-state index contributed by atoms with van der Waals surface area (Å²) in [7, 11) is 0. The number of rotatable bonds is 1. The first-order valence-corrected chi connectivity index (χ1v) is 7.04. The number of nitrogens with one attached hydrogen (secondary N) is 1. The number of aromatic hydroxyl groups is 2. The molecule has 0 saturated heterocycles. The maximum Gasteiger partial charge on any atom is 0.235 e. The van der Waals surface area contributed by atoms with Gasteiger partial charge in [0, 0.05) is 29.9 Å². The molecule has 1 heterocycles. The lowest BCUT2D eigenvalue weighted by atomic mass is 9.65. The Hall–Kier alpha value is -1.91. The lowest BCUT2D eigenvalue weighted by molar-refractivity contribution is -0.115. The van der Waals surface area contributed by atoms with Gasteiger partial charge >= 0.3 is 0 Å². The summed E-state index contributed by atoms with van der Waals surface area (Å²) in [5.74, 6) is 1.23. The Morgan fingerprint density at radius 1 is 1.10 bits per heavy atom. The quantitative estimate of drug-likeness (QED) is 0.687. The number of carbonyl (C=O) groups excluding carboxylic acids is 1. The maximum atomic E-state index is 11.2. The molecule has 0 aromatic carbocycles. The minimum atomic E-state index is -0.318. The third-order valence-electron chi connectivity index (χ3n) is 5.39. The Kier molecular flexibility index (Phi) is 2.02. The van der Waals surface area contributed by atoms with E-state index in [9.17, 15) is 15.0 Å². The number of hydrogen-bond donors (Lipinski definition) is 3. The van der Waals surface area contributed by atoms with Crippen molar-refractivity contribution in [1.82, 2.24) is 4.68 Å². The average molecular weight is 274 g/mol. The van der Waals surface area contributed by atoms with Crippen LogP contribution in [0.1, 0.15) is 50.2 Å². The van der Waals surface area contributed by atoms with Crippen LogP contribution in [0.15, 0.2) is 11.1 Å². The van der Waals surface area contributed by atoms with Crippen LogP contribution in [-0.4, -0.2) is 20.8 Å². The predicted octanol–water partition coefficient (Wildman–Crippen LogP) is 2.16. The van der Waals surface area contributed by atoms with E-state index in [1.165, 1.54) is 18.1 Å². The van der Waals surface area contributed by atoms with Crippen LogP contribution in [-0.2, 0) is 4.79 Å². The van der Waals surface area contributed by atoms with Gasteiger partial charge in [0.15, 0.2) is 0 Å². The van der Waals surface area contributed by atoms with Crippen LogP contribution in [0.25, 0.3) is 0 Å². The topological polar surface area (TPSA) is 74.5 Å². The standard InChI is InChI=1S/C15H18N2O3/c1-5-6(2)11-9-4-8(9)10(5)12-13(11)15(20)17(14(12)19)16-7(3)18/h8-11,19-20H,4H2,1-3H3,(H,16,18). The van der Waals surface area contributed by atoms with Crippen molar-refractivity contribution in [2.45, 2.75) is 39.0 Å². The van der Waals surface area contributed by atoms with Crippen LogP contribution in [0.3, 0.4) is 0 Å². The first-order chi connectivity index (χ1) is 9.43. The highest BCUT2D eigenvalue weighted by Gasteiger charge is 2.60. The van der Waals surface area contributed by atoms with Crippen LogP contribution >= 0.6 is 0 Å². The van der Waals surface area contributed by atoms with E-state index in [0.29, 0.717) is 11.8 Å². The monoisotopic (exact) mass is 274 g/mol. The normalized spacial score (nSPS) is 33.0. The van der Waals surface area contributed by atoms with Gasteiger partial charge in [-0.25, -0.2) is 0 Å². The largest absolute Gasteiger partial charge is 0.493 e. The molecule has 1 fully saturated rings. The number of amides is 1. The molecule has 2 bridgehead atoms. The lowest BCUT2D eigenvalue weighted by Crippen LogP contribution is -2.25. The van der Waals surface area contributed by atoms with Gasteiger partial charge in [0.05, 0.1) is 0 Å². The molecular formula is C15H18N2O3. The van der Waals surface area contributed by atoms with Crippen molar-refractivity contribution in [3.63, 3.8) is 0 Å². The first-order valence-electron chi connectivity index (χ1n) is 7.04. The second-order valence-electron chi connectivity index (χ2n) is 6.36. The van der Waals surface area contributed by atoms with Gasteiger partial charge in [-0.05, 0) is 32.1 Å². The molecule has 4 aliphatic rings. The second-order valence-corrected chi connectivity index (χ2v) is 6.36. The van der Waals surface area contributed by atoms with E-state index in [1.807, 2.05) is 0 Å². The fourth-order valence-corrected chi connectivity index (χ4v) is 4.45. The predicted molar refractivity (Wildman–Crippen MR) is 73.3 cm³/mol. The van der Waals surface area contributed by atoms with Crippen LogP contribution < -0.4 is 5.43 Å². The molecule has 3 N–H and O–H groups in total. The highest BCUT2D eigenvalue weighted by molar-refractivity contribution is 5.82. The zero-order chi connectivity index (χ0) is 14.3. The molecule has 4 unspecified atom stereocenters. The summed E-state index contributed by atoms with van der Waals surface area (Å²) in [6.45, 7) is 5.60. The molecule has 20 heavy (non-hydrogen) atoms. The summed E-state index contributed by atoms with van der Waals surface area (Å²) in [6.07, 6.45) is 1.16. The molecule has 1 aromatic rings. The van der Waals surface area contributed by atoms with Crippen molar-refractivity contribution in [3.8, 4) is 11.8 Å². The molecule has 0 radical (unpaired) electrons. The Labute approximate surface area is 116 Å². The molecule has 106 valence electrons. The van der Waals surface area contributed by atoms with Crippen molar-refractivity contribution in [2.24, 2.45) is 11.8 Å². The van der Waals surface area contributed by atoms with E-state index in [-0.39, 0.29) is 29.5 Å². The summed E-state index contributed by atoms with van der Waals surface area (Å²) in [4.78, 5) is 11.2. The molecule has 5 heteroatoms. The Balaban J connectivity index is 1.95. The zero-order valence-corrected chi connectivity index (χ0v) is 11.8. The molecule has 0 aliphatic heterocycles. The number of allylic oxidation sites excluding steroid dienone is 2. The van der Waals surface area contributed by atoms with Gasteiger partial charge in [0.1, 0.15) is 0 Å². The van der Waals surface area contributed by atoms with Crippen LogP contribution in [0.2, 0.25) is 0 Å². The van der Waals surface area contributed by atoms with Crippen LogP contribution in [0.5, 0.6) is 11.8 Å². The number of hydrogen-bond acceptors (Lipinski definition) is 3. The summed E-state index contributed by atoms with van der Waals surface area (Å²) >= 11 is 0.